The molecule has 1 aromatic heterocycles. The summed E-state index contributed by atoms with van der Waals surface area (Å²) in [4.78, 5) is 21.3. The highest BCUT2D eigenvalue weighted by Crippen LogP contribution is 2.13. The largest absolute Gasteiger partial charge is 0.459 e. The van der Waals surface area contributed by atoms with Gasteiger partial charge in [0, 0.05) is 32.7 Å². The van der Waals surface area contributed by atoms with Gasteiger partial charge in [-0.1, -0.05) is 23.8 Å². The number of carbonyl (C=O) groups excluding carboxylic acids is 1. The summed E-state index contributed by atoms with van der Waals surface area (Å²) in [6, 6.07) is 9.93. The number of hydrogen-bond donors (Lipinski definition) is 1. The lowest BCUT2D eigenvalue weighted by molar-refractivity contribution is 0.0657. The Morgan fingerprint density at radius 2 is 1.89 bits per heavy atom. The Morgan fingerprint density at radius 1 is 1.15 bits per heavy atom. The van der Waals surface area contributed by atoms with E-state index < -0.39 is 0 Å². The van der Waals surface area contributed by atoms with Crippen LogP contribution in [0, 0.1) is 13.8 Å². The van der Waals surface area contributed by atoms with E-state index >= 15 is 0 Å². The highest BCUT2D eigenvalue weighted by atomic mass is 16.3. The summed E-state index contributed by atoms with van der Waals surface area (Å²) >= 11 is 0. The number of hydrogen-bond acceptors (Lipinski definition) is 3. The Balaban J connectivity index is 1.63. The molecular weight excluding hydrogens is 340 g/mol. The minimum Gasteiger partial charge on any atom is -0.459 e. The lowest BCUT2D eigenvalue weighted by Crippen LogP contribution is -2.53. The topological polar surface area (TPSA) is 61.1 Å². The van der Waals surface area contributed by atoms with Crippen molar-refractivity contribution in [3.63, 3.8) is 0 Å². The van der Waals surface area contributed by atoms with Crippen molar-refractivity contribution >= 4 is 11.9 Å². The van der Waals surface area contributed by atoms with Gasteiger partial charge in [0.2, 0.25) is 0 Å². The molecular formula is C21H28N4O2. The van der Waals surface area contributed by atoms with Crippen LogP contribution in [0.4, 0.5) is 0 Å². The Kier molecular flexibility index (Phi) is 6.16. The van der Waals surface area contributed by atoms with E-state index in [0.717, 1.165) is 25.6 Å². The summed E-state index contributed by atoms with van der Waals surface area (Å²) < 4.78 is 5.23. The van der Waals surface area contributed by atoms with Gasteiger partial charge in [0.15, 0.2) is 11.7 Å². The lowest BCUT2D eigenvalue weighted by Gasteiger charge is -2.36. The maximum absolute atomic E-state index is 12.4. The van der Waals surface area contributed by atoms with Gasteiger partial charge in [-0.25, -0.2) is 4.99 Å². The van der Waals surface area contributed by atoms with Crippen LogP contribution in [0.2, 0.25) is 0 Å². The first-order chi connectivity index (χ1) is 13.1. The number of guanidine groups is 1. The number of aliphatic imine (C=N–C) groups is 1. The van der Waals surface area contributed by atoms with E-state index in [0.29, 0.717) is 25.4 Å². The predicted molar refractivity (Wildman–Crippen MR) is 107 cm³/mol. The van der Waals surface area contributed by atoms with Gasteiger partial charge >= 0.3 is 0 Å². The average molecular weight is 368 g/mol. The summed E-state index contributed by atoms with van der Waals surface area (Å²) in [6.07, 6.45) is 1.53. The van der Waals surface area contributed by atoms with E-state index in [2.05, 4.69) is 49.2 Å². The first kappa shape index (κ1) is 19.0. The molecule has 0 atom stereocenters. The van der Waals surface area contributed by atoms with Crippen molar-refractivity contribution < 1.29 is 9.21 Å². The van der Waals surface area contributed by atoms with E-state index in [1.807, 2.05) is 4.90 Å². The molecule has 1 amide bonds. The zero-order chi connectivity index (χ0) is 19.2. The third-order valence-electron chi connectivity index (χ3n) is 4.83. The van der Waals surface area contributed by atoms with Gasteiger partial charge in [-0.2, -0.15) is 0 Å². The minimum atomic E-state index is -0.0446. The summed E-state index contributed by atoms with van der Waals surface area (Å²) in [5.74, 6) is 1.26. The lowest BCUT2D eigenvalue weighted by atomic mass is 10.1. The fraction of sp³-hybridized carbons (Fsp3) is 0.429. The van der Waals surface area contributed by atoms with Crippen LogP contribution in [-0.2, 0) is 6.54 Å². The molecule has 6 nitrogen and oxygen atoms in total. The molecule has 1 fully saturated rings. The number of nitrogens with zero attached hydrogens (tertiary/aromatic N) is 3. The molecule has 1 aliphatic heterocycles. The second-order valence-electron chi connectivity index (χ2n) is 6.86. The van der Waals surface area contributed by atoms with Crippen molar-refractivity contribution in [3.8, 4) is 0 Å². The third kappa shape index (κ3) is 4.70. The summed E-state index contributed by atoms with van der Waals surface area (Å²) in [6.45, 7) is 10.6. The Hall–Kier alpha value is -2.76. The van der Waals surface area contributed by atoms with E-state index in [1.54, 1.807) is 12.1 Å². The molecule has 0 bridgehead atoms. The average Bonchev–Trinajstić information content (AvgIpc) is 3.21. The molecule has 144 valence electrons. The van der Waals surface area contributed by atoms with E-state index in [9.17, 15) is 4.79 Å². The molecule has 1 aliphatic rings. The van der Waals surface area contributed by atoms with Crippen LogP contribution in [0.5, 0.6) is 0 Å². The Bertz CT molecular complexity index is 791. The molecule has 0 radical (unpaired) electrons. The number of nitrogens with one attached hydrogen (secondary N) is 1. The molecule has 0 aliphatic carbocycles. The molecule has 27 heavy (non-hydrogen) atoms. The summed E-state index contributed by atoms with van der Waals surface area (Å²) in [7, 11) is 0. The zero-order valence-corrected chi connectivity index (χ0v) is 16.4. The van der Waals surface area contributed by atoms with Gasteiger partial charge in [0.05, 0.1) is 12.8 Å². The fourth-order valence-electron chi connectivity index (χ4n) is 3.29. The highest BCUT2D eigenvalue weighted by Gasteiger charge is 2.25. The number of aryl methyl sites for hydroxylation is 2. The van der Waals surface area contributed by atoms with E-state index in [-0.39, 0.29) is 5.91 Å². The van der Waals surface area contributed by atoms with Crippen LogP contribution in [-0.4, -0.2) is 54.4 Å². The van der Waals surface area contributed by atoms with Crippen molar-refractivity contribution in [1.29, 1.82) is 0 Å². The van der Waals surface area contributed by atoms with Gasteiger partial charge in [-0.15, -0.1) is 0 Å². The van der Waals surface area contributed by atoms with Gasteiger partial charge in [-0.3, -0.25) is 4.79 Å². The SMILES string of the molecule is CCNC(=NCc1ccc(C)cc1C)N1CCN(C(=O)c2ccco2)CC1. The Labute approximate surface area is 160 Å². The normalized spacial score (nSPS) is 15.1. The Morgan fingerprint density at radius 3 is 2.52 bits per heavy atom. The summed E-state index contributed by atoms with van der Waals surface area (Å²) in [5, 5.41) is 3.38. The zero-order valence-electron chi connectivity index (χ0n) is 16.4. The van der Waals surface area contributed by atoms with Crippen LogP contribution in [0.1, 0.15) is 34.2 Å². The maximum atomic E-state index is 12.4. The number of carbonyl (C=O) groups is 1. The molecule has 1 N–H and O–H groups in total. The fourth-order valence-corrected chi connectivity index (χ4v) is 3.29. The van der Waals surface area contributed by atoms with Crippen molar-refractivity contribution in [2.24, 2.45) is 4.99 Å². The number of piperazine rings is 1. The van der Waals surface area contributed by atoms with Gasteiger partial charge in [0.1, 0.15) is 0 Å². The number of benzene rings is 1. The van der Waals surface area contributed by atoms with Crippen molar-refractivity contribution in [2.75, 3.05) is 32.7 Å². The quantitative estimate of drug-likeness (QED) is 0.666. The van der Waals surface area contributed by atoms with Crippen molar-refractivity contribution in [1.82, 2.24) is 15.1 Å². The first-order valence-corrected chi connectivity index (χ1v) is 9.50. The molecule has 2 heterocycles. The predicted octanol–water partition coefficient (Wildman–Crippen LogP) is 2.82. The molecule has 1 aromatic carbocycles. The minimum absolute atomic E-state index is 0.0446. The standard InChI is InChI=1S/C21H28N4O2/c1-4-22-21(23-15-18-8-7-16(2)14-17(18)3)25-11-9-24(10-12-25)20(26)19-6-5-13-27-19/h5-8,13-14H,4,9-12,15H2,1-3H3,(H,22,23). The molecule has 6 heteroatoms. The smallest absolute Gasteiger partial charge is 0.289 e. The molecule has 0 spiro atoms. The van der Waals surface area contributed by atoms with Crippen LogP contribution >= 0.6 is 0 Å². The van der Waals surface area contributed by atoms with Crippen molar-refractivity contribution in [3.05, 3.63) is 59.0 Å². The molecule has 0 saturated carbocycles. The summed E-state index contributed by atoms with van der Waals surface area (Å²) in [5.41, 5.74) is 3.77. The van der Waals surface area contributed by atoms with Crippen LogP contribution in [0.15, 0.2) is 46.0 Å². The van der Waals surface area contributed by atoms with Gasteiger partial charge in [0.25, 0.3) is 5.91 Å². The number of rotatable bonds is 4. The van der Waals surface area contributed by atoms with Crippen LogP contribution < -0.4 is 5.32 Å². The highest BCUT2D eigenvalue weighted by molar-refractivity contribution is 5.91. The molecule has 1 saturated heterocycles. The first-order valence-electron chi connectivity index (χ1n) is 9.50. The second kappa shape index (κ2) is 8.75. The maximum Gasteiger partial charge on any atom is 0.289 e. The van der Waals surface area contributed by atoms with Crippen LogP contribution in [0.25, 0.3) is 0 Å². The molecule has 2 aromatic rings. The second-order valence-corrected chi connectivity index (χ2v) is 6.86. The van der Waals surface area contributed by atoms with Gasteiger partial charge < -0.3 is 19.5 Å². The van der Waals surface area contributed by atoms with E-state index in [1.165, 1.54) is 23.0 Å². The number of furan rings is 1. The van der Waals surface area contributed by atoms with E-state index in [4.69, 9.17) is 9.41 Å². The monoisotopic (exact) mass is 368 g/mol. The van der Waals surface area contributed by atoms with Crippen molar-refractivity contribution in [2.45, 2.75) is 27.3 Å². The van der Waals surface area contributed by atoms with Gasteiger partial charge in [-0.05, 0) is 44.0 Å². The molecule has 0 unspecified atom stereocenters. The number of amides is 1. The molecule has 3 rings (SSSR count). The third-order valence-corrected chi connectivity index (χ3v) is 4.83. The van der Waals surface area contributed by atoms with Crippen LogP contribution in [0.3, 0.4) is 0 Å².